The van der Waals surface area contributed by atoms with Crippen LogP contribution in [-0.4, -0.2) is 27.4 Å². The molecule has 0 spiro atoms. The first-order valence-corrected chi connectivity index (χ1v) is 5.02. The molecular weight excluding hydrogens is 186 g/mol. The van der Waals surface area contributed by atoms with E-state index in [4.69, 9.17) is 10.8 Å². The van der Waals surface area contributed by atoms with Gasteiger partial charge in [-0.2, -0.15) is 0 Å². The van der Waals surface area contributed by atoms with Gasteiger partial charge in [-0.25, -0.2) is 9.97 Å². The van der Waals surface area contributed by atoms with Gasteiger partial charge in [-0.1, -0.05) is 6.92 Å². The quantitative estimate of drug-likeness (QED) is 0.554. The normalized spacial score (nSPS) is 12.8. The zero-order chi connectivity index (χ0) is 9.68. The van der Waals surface area contributed by atoms with Gasteiger partial charge in [-0.3, -0.25) is 0 Å². The lowest BCUT2D eigenvalue weighted by atomic mass is 10.2. The van der Waals surface area contributed by atoms with Gasteiger partial charge in [0.25, 0.3) is 0 Å². The molecule has 0 saturated carbocycles. The van der Waals surface area contributed by atoms with Gasteiger partial charge < -0.3 is 10.8 Å². The number of hydrogen-bond donors (Lipinski definition) is 2. The zero-order valence-electron chi connectivity index (χ0n) is 7.47. The summed E-state index contributed by atoms with van der Waals surface area (Å²) < 4.78 is 0. The van der Waals surface area contributed by atoms with Crippen molar-refractivity contribution in [3.8, 4) is 0 Å². The van der Waals surface area contributed by atoms with Crippen molar-refractivity contribution in [3.63, 3.8) is 0 Å². The number of aliphatic hydroxyl groups is 1. The SMILES string of the molecule is CC(CO)CSc1cc(N)ncn1. The number of rotatable bonds is 4. The molecule has 1 rings (SSSR count). The third-order valence-corrected chi connectivity index (χ3v) is 2.75. The molecule has 3 N–H and O–H groups in total. The topological polar surface area (TPSA) is 72.0 Å². The Balaban J connectivity index is 2.45. The number of nitrogens with zero attached hydrogens (tertiary/aromatic N) is 2. The number of aromatic nitrogens is 2. The molecular formula is C8H13N3OS. The van der Waals surface area contributed by atoms with Gasteiger partial charge in [0, 0.05) is 18.4 Å². The summed E-state index contributed by atoms with van der Waals surface area (Å²) in [6.07, 6.45) is 1.45. The van der Waals surface area contributed by atoms with E-state index in [-0.39, 0.29) is 12.5 Å². The second-order valence-corrected chi connectivity index (χ2v) is 3.92. The summed E-state index contributed by atoms with van der Waals surface area (Å²) in [5, 5.41) is 9.65. The maximum Gasteiger partial charge on any atom is 0.127 e. The Hall–Kier alpha value is -0.810. The van der Waals surface area contributed by atoms with Crippen LogP contribution in [0.2, 0.25) is 0 Å². The highest BCUT2D eigenvalue weighted by Gasteiger charge is 2.02. The second kappa shape index (κ2) is 5.04. The molecule has 4 nitrogen and oxygen atoms in total. The van der Waals surface area contributed by atoms with E-state index in [1.165, 1.54) is 6.33 Å². The molecule has 13 heavy (non-hydrogen) atoms. The van der Waals surface area contributed by atoms with Crippen molar-refractivity contribution < 1.29 is 5.11 Å². The van der Waals surface area contributed by atoms with Crippen LogP contribution in [0.15, 0.2) is 17.4 Å². The van der Waals surface area contributed by atoms with Crippen LogP contribution < -0.4 is 5.73 Å². The molecule has 0 bridgehead atoms. The van der Waals surface area contributed by atoms with E-state index >= 15 is 0 Å². The molecule has 1 aromatic rings. The van der Waals surface area contributed by atoms with Crippen molar-refractivity contribution >= 4 is 17.6 Å². The smallest absolute Gasteiger partial charge is 0.127 e. The molecule has 1 unspecified atom stereocenters. The number of thioether (sulfide) groups is 1. The Morgan fingerprint density at radius 3 is 3.00 bits per heavy atom. The van der Waals surface area contributed by atoms with Crippen LogP contribution in [0.3, 0.4) is 0 Å². The standard InChI is InChI=1S/C8H13N3OS/c1-6(3-12)4-13-8-2-7(9)10-5-11-8/h2,5-6,12H,3-4H2,1H3,(H2,9,10,11). The van der Waals surface area contributed by atoms with Crippen molar-refractivity contribution in [2.24, 2.45) is 5.92 Å². The zero-order valence-corrected chi connectivity index (χ0v) is 8.29. The predicted octanol–water partition coefficient (Wildman–Crippen LogP) is 0.779. The lowest BCUT2D eigenvalue weighted by Gasteiger charge is -2.05. The molecule has 1 atom stereocenters. The van der Waals surface area contributed by atoms with E-state index < -0.39 is 0 Å². The molecule has 0 fully saturated rings. The minimum atomic E-state index is 0.202. The van der Waals surface area contributed by atoms with Crippen molar-refractivity contribution in [2.45, 2.75) is 11.9 Å². The average Bonchev–Trinajstić information content (AvgIpc) is 2.14. The molecule has 1 aromatic heterocycles. The van der Waals surface area contributed by atoms with Crippen LogP contribution >= 0.6 is 11.8 Å². The molecule has 0 saturated heterocycles. The van der Waals surface area contributed by atoms with Crippen LogP contribution in [0, 0.1) is 5.92 Å². The van der Waals surface area contributed by atoms with Gasteiger partial charge in [0.05, 0.1) is 0 Å². The first-order valence-electron chi connectivity index (χ1n) is 4.03. The molecule has 1 heterocycles. The fourth-order valence-corrected chi connectivity index (χ4v) is 1.60. The van der Waals surface area contributed by atoms with Crippen LogP contribution in [0.4, 0.5) is 5.82 Å². The predicted molar refractivity (Wildman–Crippen MR) is 53.4 cm³/mol. The number of nitrogens with two attached hydrogens (primary N) is 1. The van der Waals surface area contributed by atoms with E-state index in [0.29, 0.717) is 5.82 Å². The van der Waals surface area contributed by atoms with Crippen LogP contribution in [-0.2, 0) is 0 Å². The molecule has 0 amide bonds. The molecule has 5 heteroatoms. The van der Waals surface area contributed by atoms with Crippen LogP contribution in [0.1, 0.15) is 6.92 Å². The third kappa shape index (κ3) is 3.61. The lowest BCUT2D eigenvalue weighted by Crippen LogP contribution is -2.03. The third-order valence-electron chi connectivity index (χ3n) is 1.49. The number of nitrogen functional groups attached to an aromatic ring is 1. The minimum absolute atomic E-state index is 0.202. The summed E-state index contributed by atoms with van der Waals surface area (Å²) >= 11 is 1.58. The Morgan fingerprint density at radius 2 is 2.38 bits per heavy atom. The summed E-state index contributed by atoms with van der Waals surface area (Å²) in [4.78, 5) is 7.83. The second-order valence-electron chi connectivity index (χ2n) is 2.88. The number of anilines is 1. The monoisotopic (exact) mass is 199 g/mol. The summed E-state index contributed by atoms with van der Waals surface area (Å²) in [5.74, 6) is 1.60. The van der Waals surface area contributed by atoms with E-state index in [0.717, 1.165) is 10.8 Å². The highest BCUT2D eigenvalue weighted by atomic mass is 32.2. The van der Waals surface area contributed by atoms with Crippen molar-refractivity contribution in [3.05, 3.63) is 12.4 Å². The average molecular weight is 199 g/mol. The molecule has 0 aromatic carbocycles. The molecule has 0 radical (unpaired) electrons. The highest BCUT2D eigenvalue weighted by molar-refractivity contribution is 7.99. The molecule has 72 valence electrons. The van der Waals surface area contributed by atoms with Gasteiger partial charge in [-0.15, -0.1) is 11.8 Å². The highest BCUT2D eigenvalue weighted by Crippen LogP contribution is 2.18. The Morgan fingerprint density at radius 1 is 1.62 bits per heavy atom. The van der Waals surface area contributed by atoms with E-state index in [9.17, 15) is 0 Å². The summed E-state index contributed by atoms with van der Waals surface area (Å²) in [6.45, 7) is 2.19. The largest absolute Gasteiger partial charge is 0.396 e. The lowest BCUT2D eigenvalue weighted by molar-refractivity contribution is 0.250. The van der Waals surface area contributed by atoms with Crippen molar-refractivity contribution in [2.75, 3.05) is 18.1 Å². The molecule has 0 aliphatic rings. The first kappa shape index (κ1) is 10.3. The maximum absolute atomic E-state index is 8.80. The van der Waals surface area contributed by atoms with Gasteiger partial charge in [-0.05, 0) is 5.92 Å². The van der Waals surface area contributed by atoms with Crippen LogP contribution in [0.5, 0.6) is 0 Å². The molecule has 0 aliphatic heterocycles. The van der Waals surface area contributed by atoms with Crippen molar-refractivity contribution in [1.29, 1.82) is 0 Å². The number of hydrogen-bond acceptors (Lipinski definition) is 5. The van der Waals surface area contributed by atoms with Gasteiger partial charge in [0.15, 0.2) is 0 Å². The van der Waals surface area contributed by atoms with Gasteiger partial charge in [0.1, 0.15) is 17.2 Å². The summed E-state index contributed by atoms with van der Waals surface area (Å²) in [5.41, 5.74) is 5.48. The first-order chi connectivity index (χ1) is 6.22. The van der Waals surface area contributed by atoms with Crippen LogP contribution in [0.25, 0.3) is 0 Å². The summed E-state index contributed by atoms with van der Waals surface area (Å²) in [6, 6.07) is 1.73. The molecule has 0 aliphatic carbocycles. The fourth-order valence-electron chi connectivity index (χ4n) is 0.713. The fraction of sp³-hybridized carbons (Fsp3) is 0.500. The van der Waals surface area contributed by atoms with E-state index in [1.54, 1.807) is 17.8 Å². The maximum atomic E-state index is 8.80. The Bertz CT molecular complexity index is 269. The minimum Gasteiger partial charge on any atom is -0.396 e. The Labute approximate surface area is 81.6 Å². The van der Waals surface area contributed by atoms with Crippen molar-refractivity contribution in [1.82, 2.24) is 9.97 Å². The van der Waals surface area contributed by atoms with Gasteiger partial charge >= 0.3 is 0 Å². The van der Waals surface area contributed by atoms with E-state index in [2.05, 4.69) is 9.97 Å². The Kier molecular flexibility index (Phi) is 3.98. The summed E-state index contributed by atoms with van der Waals surface area (Å²) in [7, 11) is 0. The van der Waals surface area contributed by atoms with E-state index in [1.807, 2.05) is 6.92 Å². The number of aliphatic hydroxyl groups excluding tert-OH is 1. The van der Waals surface area contributed by atoms with Gasteiger partial charge in [0.2, 0.25) is 0 Å².